The van der Waals surface area contributed by atoms with Gasteiger partial charge in [-0.3, -0.25) is 4.79 Å². The highest BCUT2D eigenvalue weighted by atomic mass is 127. The Kier molecular flexibility index (Phi) is 8.83. The number of carbonyl (C=O) groups excluding carboxylic acids is 1. The molecule has 28 heavy (non-hydrogen) atoms. The maximum atomic E-state index is 12.5. The number of aliphatic imine (C=N–C) groups is 1. The molecule has 1 fully saturated rings. The third kappa shape index (κ3) is 7.02. The molecule has 0 aliphatic heterocycles. The zero-order valence-corrected chi connectivity index (χ0v) is 18.2. The van der Waals surface area contributed by atoms with E-state index in [0.29, 0.717) is 12.1 Å². The van der Waals surface area contributed by atoms with E-state index in [9.17, 15) is 18.0 Å². The smallest absolute Gasteiger partial charge is 0.406 e. The Morgan fingerprint density at radius 1 is 1.25 bits per heavy atom. The lowest BCUT2D eigenvalue weighted by atomic mass is 9.84. The molecule has 3 N–H and O–H groups in total. The average Bonchev–Trinajstić information content (AvgIpc) is 3.07. The van der Waals surface area contributed by atoms with E-state index in [1.165, 1.54) is 24.3 Å². The van der Waals surface area contributed by atoms with Crippen molar-refractivity contribution in [2.75, 3.05) is 20.6 Å². The molecule has 0 aromatic heterocycles. The summed E-state index contributed by atoms with van der Waals surface area (Å²) in [5, 5.41) is 3.02. The van der Waals surface area contributed by atoms with Gasteiger partial charge in [0.1, 0.15) is 5.75 Å². The first-order valence-electron chi connectivity index (χ1n) is 8.71. The lowest BCUT2D eigenvalue weighted by molar-refractivity contribution is -0.274. The Bertz CT molecular complexity index is 672. The third-order valence-corrected chi connectivity index (χ3v) is 4.62. The largest absolute Gasteiger partial charge is 0.573 e. The minimum atomic E-state index is -4.71. The van der Waals surface area contributed by atoms with Gasteiger partial charge in [-0.25, -0.2) is 4.99 Å². The van der Waals surface area contributed by atoms with E-state index in [2.05, 4.69) is 15.0 Å². The molecular formula is C18H26F3IN4O2. The number of ether oxygens (including phenoxy) is 1. The monoisotopic (exact) mass is 514 g/mol. The zero-order chi connectivity index (χ0) is 20.1. The van der Waals surface area contributed by atoms with Crippen LogP contribution in [-0.4, -0.2) is 43.8 Å². The molecule has 1 aliphatic carbocycles. The van der Waals surface area contributed by atoms with Gasteiger partial charge >= 0.3 is 6.36 Å². The molecule has 0 heterocycles. The van der Waals surface area contributed by atoms with E-state index in [1.54, 1.807) is 19.0 Å². The highest BCUT2D eigenvalue weighted by molar-refractivity contribution is 14.0. The normalized spacial score (nSPS) is 16.2. The van der Waals surface area contributed by atoms with Gasteiger partial charge in [0, 0.05) is 20.6 Å². The molecule has 0 spiro atoms. The molecule has 158 valence electrons. The Balaban J connectivity index is 0.00000392. The maximum Gasteiger partial charge on any atom is 0.573 e. The van der Waals surface area contributed by atoms with E-state index in [-0.39, 0.29) is 48.1 Å². The number of amides is 1. The molecule has 0 atom stereocenters. The molecule has 0 saturated heterocycles. The van der Waals surface area contributed by atoms with Gasteiger partial charge in [0.25, 0.3) is 0 Å². The van der Waals surface area contributed by atoms with Crippen LogP contribution in [0.2, 0.25) is 0 Å². The van der Waals surface area contributed by atoms with Gasteiger partial charge in [-0.2, -0.15) is 0 Å². The summed E-state index contributed by atoms with van der Waals surface area (Å²) in [6, 6.07) is 5.44. The fourth-order valence-electron chi connectivity index (χ4n) is 3.28. The van der Waals surface area contributed by atoms with Crippen LogP contribution in [0.15, 0.2) is 29.3 Å². The van der Waals surface area contributed by atoms with Crippen LogP contribution >= 0.6 is 24.0 Å². The van der Waals surface area contributed by atoms with Gasteiger partial charge in [-0.05, 0) is 30.5 Å². The van der Waals surface area contributed by atoms with Crippen LogP contribution in [-0.2, 0) is 11.3 Å². The van der Waals surface area contributed by atoms with Crippen LogP contribution in [0.5, 0.6) is 5.75 Å². The first-order chi connectivity index (χ1) is 12.6. The standard InChI is InChI=1S/C18H25F3N4O2.HI/c1-25(2)15(26)17(9-3-4-10-17)12-24-16(22)23-11-13-5-7-14(8-6-13)27-18(19,20)21;/h5-8H,3-4,9-12H2,1-2H3,(H3,22,23,24);1H. The summed E-state index contributed by atoms with van der Waals surface area (Å²) in [7, 11) is 3.48. The fraction of sp³-hybridized carbons (Fsp3) is 0.556. The van der Waals surface area contributed by atoms with E-state index in [4.69, 9.17) is 5.73 Å². The lowest BCUT2D eigenvalue weighted by Crippen LogP contribution is -2.48. The second-order valence-electron chi connectivity index (χ2n) is 6.93. The van der Waals surface area contributed by atoms with Crippen molar-refractivity contribution >= 4 is 35.8 Å². The van der Waals surface area contributed by atoms with Crippen molar-refractivity contribution in [1.29, 1.82) is 0 Å². The zero-order valence-electron chi connectivity index (χ0n) is 15.9. The van der Waals surface area contributed by atoms with Crippen molar-refractivity contribution in [2.24, 2.45) is 16.1 Å². The van der Waals surface area contributed by atoms with Crippen LogP contribution in [0.4, 0.5) is 13.2 Å². The highest BCUT2D eigenvalue weighted by Gasteiger charge is 2.41. The Morgan fingerprint density at radius 2 is 1.82 bits per heavy atom. The Hall–Kier alpha value is -1.72. The topological polar surface area (TPSA) is 80.0 Å². The molecule has 1 aromatic rings. The summed E-state index contributed by atoms with van der Waals surface area (Å²) in [6.45, 7) is 0.622. The summed E-state index contributed by atoms with van der Waals surface area (Å²) < 4.78 is 40.3. The highest BCUT2D eigenvalue weighted by Crippen LogP contribution is 2.38. The Labute approximate surface area is 179 Å². The molecule has 0 unspecified atom stereocenters. The molecule has 6 nitrogen and oxygen atoms in total. The lowest BCUT2D eigenvalue weighted by Gasteiger charge is -2.31. The number of carbonyl (C=O) groups is 1. The van der Waals surface area contributed by atoms with Crippen molar-refractivity contribution in [2.45, 2.75) is 38.6 Å². The van der Waals surface area contributed by atoms with Crippen molar-refractivity contribution < 1.29 is 22.7 Å². The number of guanidine groups is 1. The third-order valence-electron chi connectivity index (χ3n) is 4.62. The van der Waals surface area contributed by atoms with E-state index in [0.717, 1.165) is 25.7 Å². The maximum absolute atomic E-state index is 12.5. The van der Waals surface area contributed by atoms with Crippen LogP contribution in [0.25, 0.3) is 0 Å². The fourth-order valence-corrected chi connectivity index (χ4v) is 3.28. The van der Waals surface area contributed by atoms with Crippen molar-refractivity contribution in [3.63, 3.8) is 0 Å². The van der Waals surface area contributed by atoms with Crippen molar-refractivity contribution in [3.05, 3.63) is 29.8 Å². The van der Waals surface area contributed by atoms with E-state index in [1.807, 2.05) is 0 Å². The van der Waals surface area contributed by atoms with Crippen molar-refractivity contribution in [3.8, 4) is 5.75 Å². The number of nitrogens with two attached hydrogens (primary N) is 1. The van der Waals surface area contributed by atoms with E-state index < -0.39 is 11.8 Å². The number of hydrogen-bond donors (Lipinski definition) is 2. The molecule has 1 saturated carbocycles. The summed E-state index contributed by atoms with van der Waals surface area (Å²) in [4.78, 5) is 18.3. The SMILES string of the molecule is CN(C)C(=O)C1(CNC(N)=NCc2ccc(OC(F)(F)F)cc2)CCCC1.I. The summed E-state index contributed by atoms with van der Waals surface area (Å²) in [5.41, 5.74) is 6.12. The number of halogens is 4. The van der Waals surface area contributed by atoms with Gasteiger partial charge in [0.2, 0.25) is 5.91 Å². The van der Waals surface area contributed by atoms with Gasteiger partial charge in [-0.1, -0.05) is 25.0 Å². The summed E-state index contributed by atoms with van der Waals surface area (Å²) >= 11 is 0. The van der Waals surface area contributed by atoms with Crippen LogP contribution < -0.4 is 15.8 Å². The first-order valence-corrected chi connectivity index (χ1v) is 8.71. The number of benzene rings is 1. The predicted molar refractivity (Wildman–Crippen MR) is 111 cm³/mol. The first kappa shape index (κ1) is 24.3. The molecule has 1 amide bonds. The number of alkyl halides is 3. The number of rotatable bonds is 6. The molecule has 1 aromatic carbocycles. The van der Waals surface area contributed by atoms with Crippen LogP contribution in [0.1, 0.15) is 31.2 Å². The Morgan fingerprint density at radius 3 is 2.32 bits per heavy atom. The summed E-state index contributed by atoms with van der Waals surface area (Å²) in [5.74, 6) is -0.00398. The molecular weight excluding hydrogens is 488 g/mol. The minimum Gasteiger partial charge on any atom is -0.406 e. The van der Waals surface area contributed by atoms with Gasteiger partial charge in [0.05, 0.1) is 12.0 Å². The minimum absolute atomic E-state index is 0. The predicted octanol–water partition coefficient (Wildman–Crippen LogP) is 3.26. The van der Waals surface area contributed by atoms with Gasteiger partial charge in [0.15, 0.2) is 5.96 Å². The summed E-state index contributed by atoms with van der Waals surface area (Å²) in [6.07, 6.45) is -1.08. The molecule has 2 rings (SSSR count). The number of nitrogens with one attached hydrogen (secondary N) is 1. The quantitative estimate of drug-likeness (QED) is 0.347. The molecule has 10 heteroatoms. The average molecular weight is 514 g/mol. The van der Waals surface area contributed by atoms with Gasteiger partial charge in [-0.15, -0.1) is 37.1 Å². The van der Waals surface area contributed by atoms with Crippen LogP contribution in [0.3, 0.4) is 0 Å². The van der Waals surface area contributed by atoms with Gasteiger partial charge < -0.3 is 20.7 Å². The van der Waals surface area contributed by atoms with Crippen LogP contribution in [0, 0.1) is 5.41 Å². The molecule has 0 bridgehead atoms. The number of hydrogen-bond acceptors (Lipinski definition) is 3. The van der Waals surface area contributed by atoms with Crippen molar-refractivity contribution in [1.82, 2.24) is 10.2 Å². The molecule has 1 aliphatic rings. The van der Waals surface area contributed by atoms with E-state index >= 15 is 0 Å². The molecule has 0 radical (unpaired) electrons. The second kappa shape index (κ2) is 10.2. The number of nitrogens with zero attached hydrogens (tertiary/aromatic N) is 2. The second-order valence-corrected chi connectivity index (χ2v) is 6.93.